The fraction of sp³-hybridized carbons (Fsp3) is 0.600. The summed E-state index contributed by atoms with van der Waals surface area (Å²) >= 11 is 7.28. The zero-order chi connectivity index (χ0) is 12.3. The van der Waals surface area contributed by atoms with Gasteiger partial charge in [0, 0.05) is 30.9 Å². The van der Waals surface area contributed by atoms with Crippen molar-refractivity contribution in [1.82, 2.24) is 14.8 Å². The van der Waals surface area contributed by atoms with Crippen LogP contribution in [0.4, 0.5) is 5.95 Å². The first-order valence-corrected chi connectivity index (χ1v) is 6.73. The standard InChI is InChI=1S/C10H15ClN4OS/c1-8(11)7-17-10-13-12-9(14(10)2)15-3-5-16-6-4-15/h1,3-7H2,2H3. The lowest BCUT2D eigenvalue weighted by molar-refractivity contribution is 0.121. The van der Waals surface area contributed by atoms with E-state index < -0.39 is 0 Å². The lowest BCUT2D eigenvalue weighted by Gasteiger charge is -2.27. The van der Waals surface area contributed by atoms with E-state index in [1.54, 1.807) is 0 Å². The second-order valence-electron chi connectivity index (χ2n) is 3.75. The summed E-state index contributed by atoms with van der Waals surface area (Å²) in [6, 6.07) is 0. The molecule has 0 aliphatic carbocycles. The number of nitrogens with zero attached hydrogens (tertiary/aromatic N) is 4. The Morgan fingerprint density at radius 1 is 1.47 bits per heavy atom. The molecule has 5 nitrogen and oxygen atoms in total. The van der Waals surface area contributed by atoms with Crippen LogP contribution in [0.5, 0.6) is 0 Å². The maximum atomic E-state index is 5.74. The second-order valence-corrected chi connectivity index (χ2v) is 5.22. The molecule has 17 heavy (non-hydrogen) atoms. The first-order valence-electron chi connectivity index (χ1n) is 5.36. The Bertz CT molecular complexity index is 403. The molecule has 0 unspecified atom stereocenters. The molecule has 2 rings (SSSR count). The van der Waals surface area contributed by atoms with E-state index in [1.165, 1.54) is 11.8 Å². The Balaban J connectivity index is 2.05. The SMILES string of the molecule is C=C(Cl)CSc1nnc(N2CCOCC2)n1C. The minimum absolute atomic E-state index is 0.617. The highest BCUT2D eigenvalue weighted by molar-refractivity contribution is 7.99. The van der Waals surface area contributed by atoms with Crippen LogP contribution in [-0.4, -0.2) is 46.8 Å². The monoisotopic (exact) mass is 274 g/mol. The summed E-state index contributed by atoms with van der Waals surface area (Å²) in [7, 11) is 1.96. The molecule has 0 atom stereocenters. The third kappa shape index (κ3) is 3.14. The number of anilines is 1. The van der Waals surface area contributed by atoms with Crippen molar-refractivity contribution in [3.05, 3.63) is 11.6 Å². The molecule has 0 radical (unpaired) electrons. The van der Waals surface area contributed by atoms with E-state index in [0.717, 1.165) is 37.4 Å². The van der Waals surface area contributed by atoms with Gasteiger partial charge in [0.15, 0.2) is 5.16 Å². The van der Waals surface area contributed by atoms with Crippen molar-refractivity contribution in [2.75, 3.05) is 37.0 Å². The minimum atomic E-state index is 0.617. The summed E-state index contributed by atoms with van der Waals surface area (Å²) in [5.74, 6) is 1.53. The molecule has 0 aromatic carbocycles. The van der Waals surface area contributed by atoms with Gasteiger partial charge in [-0.15, -0.1) is 10.2 Å². The van der Waals surface area contributed by atoms with E-state index >= 15 is 0 Å². The molecular weight excluding hydrogens is 260 g/mol. The van der Waals surface area contributed by atoms with Gasteiger partial charge in [-0.3, -0.25) is 4.57 Å². The summed E-state index contributed by atoms with van der Waals surface area (Å²) in [6.45, 7) is 6.86. The zero-order valence-electron chi connectivity index (χ0n) is 9.73. The van der Waals surface area contributed by atoms with Gasteiger partial charge >= 0.3 is 0 Å². The summed E-state index contributed by atoms with van der Waals surface area (Å²) < 4.78 is 7.30. The first-order chi connectivity index (χ1) is 8.18. The summed E-state index contributed by atoms with van der Waals surface area (Å²) in [4.78, 5) is 2.18. The summed E-state index contributed by atoms with van der Waals surface area (Å²) in [5, 5.41) is 9.84. The Morgan fingerprint density at radius 2 is 2.18 bits per heavy atom. The third-order valence-corrected chi connectivity index (χ3v) is 3.86. The van der Waals surface area contributed by atoms with E-state index in [9.17, 15) is 0 Å². The Labute approximate surface area is 110 Å². The van der Waals surface area contributed by atoms with Crippen LogP contribution in [0.15, 0.2) is 16.8 Å². The molecule has 1 fully saturated rings. The van der Waals surface area contributed by atoms with Crippen LogP contribution in [-0.2, 0) is 11.8 Å². The molecule has 0 bridgehead atoms. The topological polar surface area (TPSA) is 43.2 Å². The van der Waals surface area contributed by atoms with Gasteiger partial charge in [-0.05, 0) is 0 Å². The lowest BCUT2D eigenvalue weighted by atomic mass is 10.4. The van der Waals surface area contributed by atoms with Crippen LogP contribution < -0.4 is 4.90 Å². The van der Waals surface area contributed by atoms with Crippen molar-refractivity contribution in [3.63, 3.8) is 0 Å². The van der Waals surface area contributed by atoms with E-state index in [2.05, 4.69) is 21.7 Å². The maximum Gasteiger partial charge on any atom is 0.227 e. The average Bonchev–Trinajstić information content (AvgIpc) is 2.69. The maximum absolute atomic E-state index is 5.74. The van der Waals surface area contributed by atoms with E-state index in [-0.39, 0.29) is 0 Å². The highest BCUT2D eigenvalue weighted by atomic mass is 35.5. The molecule has 0 amide bonds. The number of hydrogen-bond acceptors (Lipinski definition) is 5. The number of thioether (sulfide) groups is 1. The molecule has 1 aromatic rings. The number of aromatic nitrogens is 3. The van der Waals surface area contributed by atoms with Gasteiger partial charge in [0.1, 0.15) is 0 Å². The lowest BCUT2D eigenvalue weighted by Crippen LogP contribution is -2.37. The third-order valence-electron chi connectivity index (χ3n) is 2.46. The van der Waals surface area contributed by atoms with Crippen molar-refractivity contribution >= 4 is 29.3 Å². The highest BCUT2D eigenvalue weighted by Crippen LogP contribution is 2.23. The van der Waals surface area contributed by atoms with Gasteiger partial charge < -0.3 is 9.64 Å². The fourth-order valence-corrected chi connectivity index (χ4v) is 2.44. The van der Waals surface area contributed by atoms with Gasteiger partial charge in [-0.1, -0.05) is 29.9 Å². The number of morpholine rings is 1. The number of ether oxygens (including phenoxy) is 1. The molecule has 7 heteroatoms. The van der Waals surface area contributed by atoms with Crippen LogP contribution in [0.3, 0.4) is 0 Å². The predicted octanol–water partition coefficient (Wildman–Crippen LogP) is 1.50. The van der Waals surface area contributed by atoms with Crippen LogP contribution in [0.1, 0.15) is 0 Å². The summed E-state index contributed by atoms with van der Waals surface area (Å²) in [6.07, 6.45) is 0. The molecule has 1 aliphatic heterocycles. The smallest absolute Gasteiger partial charge is 0.227 e. The largest absolute Gasteiger partial charge is 0.378 e. The highest BCUT2D eigenvalue weighted by Gasteiger charge is 2.18. The quantitative estimate of drug-likeness (QED) is 0.779. The van der Waals surface area contributed by atoms with Gasteiger partial charge in [-0.2, -0.15) is 0 Å². The van der Waals surface area contributed by atoms with Crippen LogP contribution >= 0.6 is 23.4 Å². The Kier molecular flexibility index (Phi) is 4.31. The molecular formula is C10H15ClN4OS. The first kappa shape index (κ1) is 12.7. The van der Waals surface area contributed by atoms with Gasteiger partial charge in [0.05, 0.1) is 13.2 Å². The van der Waals surface area contributed by atoms with E-state index in [1.807, 2.05) is 11.6 Å². The number of hydrogen-bond donors (Lipinski definition) is 0. The Hall–Kier alpha value is -0.720. The van der Waals surface area contributed by atoms with Crippen molar-refractivity contribution in [1.29, 1.82) is 0 Å². The molecule has 1 aromatic heterocycles. The van der Waals surface area contributed by atoms with Crippen LogP contribution in [0, 0.1) is 0 Å². The molecule has 2 heterocycles. The average molecular weight is 275 g/mol. The van der Waals surface area contributed by atoms with Crippen molar-refractivity contribution in [2.24, 2.45) is 7.05 Å². The molecule has 0 saturated carbocycles. The van der Waals surface area contributed by atoms with Gasteiger partial charge in [-0.25, -0.2) is 0 Å². The molecule has 1 saturated heterocycles. The van der Waals surface area contributed by atoms with Crippen molar-refractivity contribution in [2.45, 2.75) is 5.16 Å². The minimum Gasteiger partial charge on any atom is -0.378 e. The number of rotatable bonds is 4. The van der Waals surface area contributed by atoms with E-state index in [0.29, 0.717) is 10.8 Å². The van der Waals surface area contributed by atoms with Crippen LogP contribution in [0.2, 0.25) is 0 Å². The Morgan fingerprint density at radius 3 is 2.82 bits per heavy atom. The normalized spacial score (nSPS) is 16.2. The molecule has 1 aliphatic rings. The fourth-order valence-electron chi connectivity index (χ4n) is 1.61. The van der Waals surface area contributed by atoms with Gasteiger partial charge in [0.25, 0.3) is 0 Å². The zero-order valence-corrected chi connectivity index (χ0v) is 11.3. The molecule has 0 spiro atoms. The second kappa shape index (κ2) is 5.75. The van der Waals surface area contributed by atoms with Gasteiger partial charge in [0.2, 0.25) is 5.95 Å². The van der Waals surface area contributed by atoms with Crippen LogP contribution in [0.25, 0.3) is 0 Å². The molecule has 94 valence electrons. The molecule has 0 N–H and O–H groups in total. The van der Waals surface area contributed by atoms with Crippen molar-refractivity contribution in [3.8, 4) is 0 Å². The van der Waals surface area contributed by atoms with Crippen molar-refractivity contribution < 1.29 is 4.74 Å². The predicted molar refractivity (Wildman–Crippen MR) is 69.8 cm³/mol. The van der Waals surface area contributed by atoms with E-state index in [4.69, 9.17) is 16.3 Å². The summed E-state index contributed by atoms with van der Waals surface area (Å²) in [5.41, 5.74) is 0. The number of halogens is 1.